The summed E-state index contributed by atoms with van der Waals surface area (Å²) in [6, 6.07) is 24.9. The molecule has 7 nitrogen and oxygen atoms in total. The fourth-order valence-electron chi connectivity index (χ4n) is 3.19. The van der Waals surface area contributed by atoms with E-state index in [0.717, 1.165) is 34.2 Å². The molecule has 0 unspecified atom stereocenters. The molecule has 0 amide bonds. The maximum atomic E-state index is 6.37. The molecule has 2 heterocycles. The van der Waals surface area contributed by atoms with Gasteiger partial charge in [0.1, 0.15) is 22.3 Å². The van der Waals surface area contributed by atoms with Crippen LogP contribution in [0.3, 0.4) is 0 Å². The molecular weight excluding hydrogens is 422 g/mol. The zero-order valence-electron chi connectivity index (χ0n) is 17.2. The predicted molar refractivity (Wildman–Crippen MR) is 125 cm³/mol. The molecule has 32 heavy (non-hydrogen) atoms. The van der Waals surface area contributed by atoms with Gasteiger partial charge in [-0.05, 0) is 60.7 Å². The van der Waals surface area contributed by atoms with Crippen molar-refractivity contribution in [1.29, 1.82) is 0 Å². The number of hydrogen-bond acceptors (Lipinski definition) is 7. The van der Waals surface area contributed by atoms with Crippen molar-refractivity contribution in [2.24, 2.45) is 0 Å². The van der Waals surface area contributed by atoms with Gasteiger partial charge in [-0.2, -0.15) is 4.68 Å². The Bertz CT molecular complexity index is 1330. The molecular formula is C24H19N5O2S. The van der Waals surface area contributed by atoms with Crippen LogP contribution in [0.2, 0.25) is 0 Å². The molecule has 0 saturated carbocycles. The first-order valence-corrected chi connectivity index (χ1v) is 10.7. The number of nitrogens with two attached hydrogens (primary N) is 1. The van der Waals surface area contributed by atoms with E-state index in [2.05, 4.69) is 10.3 Å². The molecule has 158 valence electrons. The van der Waals surface area contributed by atoms with E-state index in [9.17, 15) is 0 Å². The third kappa shape index (κ3) is 3.91. The Morgan fingerprint density at radius 3 is 2.25 bits per heavy atom. The van der Waals surface area contributed by atoms with Crippen molar-refractivity contribution in [1.82, 2.24) is 20.0 Å². The van der Waals surface area contributed by atoms with Crippen LogP contribution >= 0.6 is 11.3 Å². The number of benzene rings is 3. The lowest BCUT2D eigenvalue weighted by Crippen LogP contribution is -2.02. The lowest BCUT2D eigenvalue weighted by molar-refractivity contribution is 0.415. The summed E-state index contributed by atoms with van der Waals surface area (Å²) in [5.41, 5.74) is 9.56. The van der Waals surface area contributed by atoms with Gasteiger partial charge in [0.05, 0.1) is 18.5 Å². The van der Waals surface area contributed by atoms with Crippen LogP contribution in [0.15, 0.2) is 84.2 Å². The summed E-state index contributed by atoms with van der Waals surface area (Å²) < 4.78 is 12.6. The summed E-state index contributed by atoms with van der Waals surface area (Å²) in [5.74, 6) is 2.73. The number of hydrogen-bond donors (Lipinski definition) is 1. The minimum atomic E-state index is 0.428. The minimum Gasteiger partial charge on any atom is -0.497 e. The number of nitrogen functional groups attached to an aromatic ring is 1. The molecule has 8 heteroatoms. The van der Waals surface area contributed by atoms with Gasteiger partial charge in [-0.25, -0.2) is 4.98 Å². The van der Waals surface area contributed by atoms with Crippen LogP contribution in [0, 0.1) is 0 Å². The maximum absolute atomic E-state index is 6.37. The number of para-hydroxylation sites is 1. The molecule has 0 fully saturated rings. The number of thiazole rings is 1. The fraction of sp³-hybridized carbons (Fsp3) is 0.0417. The zero-order chi connectivity index (χ0) is 21.9. The van der Waals surface area contributed by atoms with Crippen molar-refractivity contribution in [2.45, 2.75) is 0 Å². The highest BCUT2D eigenvalue weighted by atomic mass is 32.1. The summed E-state index contributed by atoms with van der Waals surface area (Å²) >= 11 is 1.48. The molecule has 5 aromatic rings. The van der Waals surface area contributed by atoms with E-state index in [1.807, 2.05) is 84.2 Å². The molecule has 0 aliphatic heterocycles. The van der Waals surface area contributed by atoms with Gasteiger partial charge >= 0.3 is 0 Å². The van der Waals surface area contributed by atoms with Crippen molar-refractivity contribution >= 4 is 17.2 Å². The lowest BCUT2D eigenvalue weighted by Gasteiger charge is -2.07. The Labute approximate surface area is 188 Å². The smallest absolute Gasteiger partial charge is 0.165 e. The van der Waals surface area contributed by atoms with Crippen molar-refractivity contribution < 1.29 is 9.47 Å². The number of rotatable bonds is 6. The second-order valence-electron chi connectivity index (χ2n) is 6.91. The van der Waals surface area contributed by atoms with Gasteiger partial charge in [-0.1, -0.05) is 23.4 Å². The Kier molecular flexibility index (Phi) is 5.27. The molecule has 2 aromatic heterocycles. The maximum Gasteiger partial charge on any atom is 0.165 e. The number of anilines is 1. The topological polar surface area (TPSA) is 88.1 Å². The SMILES string of the molecule is COc1ccc(-c2csc(-c3nnn(-c4ccc(Oc5ccccc5)cc4)c3N)n2)cc1. The van der Waals surface area contributed by atoms with Gasteiger partial charge in [-0.3, -0.25) is 0 Å². The quantitative estimate of drug-likeness (QED) is 0.377. The fourth-order valence-corrected chi connectivity index (χ4v) is 4.01. The monoisotopic (exact) mass is 441 g/mol. The third-order valence-electron chi connectivity index (χ3n) is 4.86. The van der Waals surface area contributed by atoms with E-state index < -0.39 is 0 Å². The first kappa shape index (κ1) is 19.8. The first-order valence-electron chi connectivity index (χ1n) is 9.86. The van der Waals surface area contributed by atoms with E-state index in [0.29, 0.717) is 16.5 Å². The summed E-state index contributed by atoms with van der Waals surface area (Å²) in [5, 5.41) is 11.2. The second-order valence-corrected chi connectivity index (χ2v) is 7.77. The lowest BCUT2D eigenvalue weighted by atomic mass is 10.2. The van der Waals surface area contributed by atoms with Crippen LogP contribution in [0.25, 0.3) is 27.6 Å². The highest BCUT2D eigenvalue weighted by Crippen LogP contribution is 2.32. The van der Waals surface area contributed by atoms with Gasteiger partial charge in [-0.15, -0.1) is 16.4 Å². The summed E-state index contributed by atoms with van der Waals surface area (Å²) in [6.45, 7) is 0. The highest BCUT2D eigenvalue weighted by Gasteiger charge is 2.17. The third-order valence-corrected chi connectivity index (χ3v) is 5.71. The number of ether oxygens (including phenoxy) is 2. The average Bonchev–Trinajstić information content (AvgIpc) is 3.47. The number of nitrogens with zero attached hydrogens (tertiary/aromatic N) is 4. The van der Waals surface area contributed by atoms with E-state index >= 15 is 0 Å². The van der Waals surface area contributed by atoms with E-state index in [1.54, 1.807) is 11.8 Å². The molecule has 0 bridgehead atoms. The Balaban J connectivity index is 1.37. The normalized spacial score (nSPS) is 10.8. The summed E-state index contributed by atoms with van der Waals surface area (Å²) in [7, 11) is 1.64. The van der Waals surface area contributed by atoms with E-state index in [4.69, 9.17) is 20.2 Å². The van der Waals surface area contributed by atoms with Gasteiger partial charge in [0, 0.05) is 10.9 Å². The highest BCUT2D eigenvalue weighted by molar-refractivity contribution is 7.13. The van der Waals surface area contributed by atoms with E-state index in [-0.39, 0.29) is 0 Å². The molecule has 0 aliphatic carbocycles. The number of methoxy groups -OCH3 is 1. The van der Waals surface area contributed by atoms with Gasteiger partial charge in [0.25, 0.3) is 0 Å². The van der Waals surface area contributed by atoms with Crippen LogP contribution in [0.1, 0.15) is 0 Å². The molecule has 5 rings (SSSR count). The summed E-state index contributed by atoms with van der Waals surface area (Å²) in [4.78, 5) is 4.70. The van der Waals surface area contributed by atoms with E-state index in [1.165, 1.54) is 11.3 Å². The largest absolute Gasteiger partial charge is 0.497 e. The van der Waals surface area contributed by atoms with Gasteiger partial charge in [0.15, 0.2) is 11.5 Å². The Hall–Kier alpha value is -4.17. The standard InChI is InChI=1S/C24H19N5O2S/c1-30-18-11-7-16(8-12-18)21-15-32-24(26-21)22-23(25)29(28-27-22)17-9-13-20(14-10-17)31-19-5-3-2-4-6-19/h2-15H,25H2,1H3. The average molecular weight is 442 g/mol. The predicted octanol–water partition coefficient (Wildman–Crippen LogP) is 5.44. The zero-order valence-corrected chi connectivity index (χ0v) is 18.0. The molecule has 3 aromatic carbocycles. The van der Waals surface area contributed by atoms with Gasteiger partial charge in [0.2, 0.25) is 0 Å². The molecule has 2 N–H and O–H groups in total. The molecule has 0 atom stereocenters. The minimum absolute atomic E-state index is 0.428. The number of aromatic nitrogens is 4. The second kappa shape index (κ2) is 8.52. The Morgan fingerprint density at radius 1 is 0.844 bits per heavy atom. The van der Waals surface area contributed by atoms with Crippen LogP contribution in [0.4, 0.5) is 5.82 Å². The molecule has 0 aliphatic rings. The van der Waals surface area contributed by atoms with Crippen molar-refractivity contribution in [2.75, 3.05) is 12.8 Å². The first-order chi connectivity index (χ1) is 15.7. The van der Waals surface area contributed by atoms with Crippen LogP contribution in [-0.4, -0.2) is 27.1 Å². The molecule has 0 spiro atoms. The van der Waals surface area contributed by atoms with Gasteiger partial charge < -0.3 is 15.2 Å². The summed E-state index contributed by atoms with van der Waals surface area (Å²) in [6.07, 6.45) is 0. The van der Waals surface area contributed by atoms with Crippen LogP contribution < -0.4 is 15.2 Å². The Morgan fingerprint density at radius 2 is 1.53 bits per heavy atom. The molecule has 0 saturated heterocycles. The van der Waals surface area contributed by atoms with Crippen molar-refractivity contribution in [3.8, 4) is 44.9 Å². The van der Waals surface area contributed by atoms with Crippen LogP contribution in [-0.2, 0) is 0 Å². The van der Waals surface area contributed by atoms with Crippen LogP contribution in [0.5, 0.6) is 17.2 Å². The van der Waals surface area contributed by atoms with Crippen molar-refractivity contribution in [3.63, 3.8) is 0 Å². The van der Waals surface area contributed by atoms with Crippen molar-refractivity contribution in [3.05, 3.63) is 84.2 Å². The molecule has 0 radical (unpaired) electrons.